The fourth-order valence-electron chi connectivity index (χ4n) is 7.98. The molecule has 0 bridgehead atoms. The molecular formula is C35H60N2O25. The van der Waals surface area contributed by atoms with Gasteiger partial charge < -0.3 is 125 Å². The van der Waals surface area contributed by atoms with Crippen LogP contribution in [0.5, 0.6) is 0 Å². The summed E-state index contributed by atoms with van der Waals surface area (Å²) in [4.78, 5) is 24.4. The quantitative estimate of drug-likeness (QED) is 0.0725. The van der Waals surface area contributed by atoms with Crippen LogP contribution in [-0.4, -0.2) is 270 Å². The van der Waals surface area contributed by atoms with Crippen LogP contribution in [0.3, 0.4) is 0 Å². The fourth-order valence-corrected chi connectivity index (χ4v) is 7.98. The molecule has 5 aliphatic heterocycles. The van der Waals surface area contributed by atoms with Crippen molar-refractivity contribution in [2.24, 2.45) is 0 Å². The topological polar surface area (TPSA) is 424 Å². The highest BCUT2D eigenvalue weighted by molar-refractivity contribution is 5.73. The molecule has 16 N–H and O–H groups in total. The Balaban J connectivity index is 1.41. The number of carbonyl (C=O) groups is 2. The molecule has 360 valence electrons. The molecule has 0 spiro atoms. The summed E-state index contributed by atoms with van der Waals surface area (Å²) in [6, 6.07) is -2.68. The van der Waals surface area contributed by atoms with Gasteiger partial charge in [0.25, 0.3) is 0 Å². The lowest BCUT2D eigenvalue weighted by Gasteiger charge is -2.50. The van der Waals surface area contributed by atoms with Crippen LogP contribution in [0.4, 0.5) is 0 Å². The number of rotatable bonds is 15. The van der Waals surface area contributed by atoms with E-state index >= 15 is 0 Å². The summed E-state index contributed by atoms with van der Waals surface area (Å²) in [6.45, 7) is -0.399. The molecule has 0 saturated carbocycles. The maximum atomic E-state index is 12.5. The lowest BCUT2D eigenvalue weighted by atomic mass is 9.92. The van der Waals surface area contributed by atoms with Gasteiger partial charge in [-0.3, -0.25) is 9.59 Å². The van der Waals surface area contributed by atoms with E-state index in [0.717, 1.165) is 6.92 Å². The second kappa shape index (κ2) is 22.0. The number of amides is 2. The second-order valence-electron chi connectivity index (χ2n) is 15.8. The minimum Gasteiger partial charge on any atom is -0.394 e. The van der Waals surface area contributed by atoms with E-state index in [1.165, 1.54) is 13.8 Å². The highest BCUT2D eigenvalue weighted by Crippen LogP contribution is 2.35. The summed E-state index contributed by atoms with van der Waals surface area (Å²) >= 11 is 0. The van der Waals surface area contributed by atoms with Crippen molar-refractivity contribution in [3.05, 3.63) is 0 Å². The van der Waals surface area contributed by atoms with E-state index in [0.29, 0.717) is 0 Å². The van der Waals surface area contributed by atoms with E-state index in [-0.39, 0.29) is 0 Å². The Bertz CT molecular complexity index is 1440. The Kier molecular flexibility index (Phi) is 18.1. The van der Waals surface area contributed by atoms with Crippen LogP contribution in [0.15, 0.2) is 0 Å². The molecule has 5 saturated heterocycles. The molecule has 0 aromatic rings. The molecular weight excluding hydrogens is 848 g/mol. The third-order valence-electron chi connectivity index (χ3n) is 11.4. The number of ether oxygens (including phenoxy) is 9. The van der Waals surface area contributed by atoms with Gasteiger partial charge in [0.2, 0.25) is 11.8 Å². The summed E-state index contributed by atoms with van der Waals surface area (Å²) < 4.78 is 51.6. The first kappa shape index (κ1) is 51.0. The van der Waals surface area contributed by atoms with Gasteiger partial charge >= 0.3 is 0 Å². The highest BCUT2D eigenvalue weighted by atomic mass is 16.8. The second-order valence-corrected chi connectivity index (χ2v) is 15.8. The zero-order valence-electron chi connectivity index (χ0n) is 33.7. The fraction of sp³-hybridized carbons (Fsp3) is 0.943. The van der Waals surface area contributed by atoms with Crippen molar-refractivity contribution < 1.29 is 124 Å². The number of hydrogen-bond acceptors (Lipinski definition) is 25. The molecule has 0 aromatic heterocycles. The normalized spacial score (nSPS) is 49.0. The first-order valence-electron chi connectivity index (χ1n) is 19.9. The van der Waals surface area contributed by atoms with E-state index in [2.05, 4.69) is 10.6 Å². The Morgan fingerprint density at radius 2 is 0.839 bits per heavy atom. The van der Waals surface area contributed by atoms with E-state index in [9.17, 15) is 81.1 Å². The number of carbonyl (C=O) groups excluding carboxylic acids is 2. The third-order valence-corrected chi connectivity index (χ3v) is 11.4. The van der Waals surface area contributed by atoms with Gasteiger partial charge in [-0.15, -0.1) is 0 Å². The molecule has 27 heteroatoms. The maximum absolute atomic E-state index is 12.5. The molecule has 5 heterocycles. The van der Waals surface area contributed by atoms with Crippen molar-refractivity contribution in [3.8, 4) is 0 Å². The molecule has 62 heavy (non-hydrogen) atoms. The summed E-state index contributed by atoms with van der Waals surface area (Å²) in [5.41, 5.74) is 0. The van der Waals surface area contributed by atoms with Crippen LogP contribution in [0.1, 0.15) is 20.8 Å². The van der Waals surface area contributed by atoms with E-state index in [1.54, 1.807) is 0 Å². The number of aliphatic hydroxyl groups excluding tert-OH is 14. The van der Waals surface area contributed by atoms with Crippen molar-refractivity contribution in [2.45, 2.75) is 174 Å². The largest absolute Gasteiger partial charge is 0.394 e. The molecule has 27 nitrogen and oxygen atoms in total. The summed E-state index contributed by atoms with van der Waals surface area (Å²) in [7, 11) is 0. The molecule has 0 aliphatic carbocycles. The SMILES string of the molecule is CC(=O)NC1[C@H](O[C@@H]2C(CO)O[C@@H](C)C(NC(C)=O)[C@H]2O)OC(CO)[C@@H](O[C@@H]2OC(CO[C@H]3OC(CO)[C@@H](O)[C@H](O)C3O)[C@@H](O)[C@H](OC3O[C@H](CO)[C@@H](O)C(O)C3O)C2O)[C@@H]1O. The Hall–Kier alpha value is -1.98. The van der Waals surface area contributed by atoms with Gasteiger partial charge in [-0.1, -0.05) is 0 Å². The van der Waals surface area contributed by atoms with Crippen molar-refractivity contribution in [3.63, 3.8) is 0 Å². The van der Waals surface area contributed by atoms with Crippen molar-refractivity contribution in [2.75, 3.05) is 33.0 Å². The Morgan fingerprint density at radius 1 is 0.435 bits per heavy atom. The minimum absolute atomic E-state index is 0.533. The predicted octanol–water partition coefficient (Wildman–Crippen LogP) is -10.6. The van der Waals surface area contributed by atoms with Crippen molar-refractivity contribution in [1.82, 2.24) is 10.6 Å². The molecule has 0 aromatic carbocycles. The van der Waals surface area contributed by atoms with Crippen LogP contribution in [-0.2, 0) is 52.2 Å². The van der Waals surface area contributed by atoms with Gasteiger partial charge in [-0.25, -0.2) is 0 Å². The zero-order chi connectivity index (χ0) is 45.9. The van der Waals surface area contributed by atoms with Crippen LogP contribution in [0.2, 0.25) is 0 Å². The summed E-state index contributed by atoms with van der Waals surface area (Å²) in [5, 5.41) is 153. The van der Waals surface area contributed by atoms with Crippen LogP contribution >= 0.6 is 0 Å². The third kappa shape index (κ3) is 11.0. The number of nitrogens with one attached hydrogen (secondary N) is 2. The molecule has 2 amide bonds. The van der Waals surface area contributed by atoms with E-state index in [1.807, 2.05) is 0 Å². The first-order chi connectivity index (χ1) is 29.3. The average molecular weight is 909 g/mol. The molecule has 5 aliphatic rings. The van der Waals surface area contributed by atoms with Crippen LogP contribution in [0, 0.1) is 0 Å². The smallest absolute Gasteiger partial charge is 0.217 e. The van der Waals surface area contributed by atoms with Gasteiger partial charge in [0.15, 0.2) is 25.2 Å². The van der Waals surface area contributed by atoms with Crippen LogP contribution in [0.25, 0.3) is 0 Å². The van der Waals surface area contributed by atoms with Crippen molar-refractivity contribution in [1.29, 1.82) is 0 Å². The first-order valence-corrected chi connectivity index (χ1v) is 19.9. The number of aliphatic hydroxyl groups is 14. The van der Waals surface area contributed by atoms with Gasteiger partial charge in [-0.2, -0.15) is 0 Å². The van der Waals surface area contributed by atoms with E-state index < -0.39 is 198 Å². The molecule has 5 fully saturated rings. The Labute approximate surface area is 353 Å². The zero-order valence-corrected chi connectivity index (χ0v) is 33.7. The number of hydrogen-bond donors (Lipinski definition) is 16. The lowest BCUT2D eigenvalue weighted by molar-refractivity contribution is -0.383. The molecule has 11 unspecified atom stereocenters. The molecule has 25 atom stereocenters. The van der Waals surface area contributed by atoms with Gasteiger partial charge in [0, 0.05) is 13.8 Å². The predicted molar refractivity (Wildman–Crippen MR) is 193 cm³/mol. The highest BCUT2D eigenvalue weighted by Gasteiger charge is 2.56. The van der Waals surface area contributed by atoms with E-state index in [4.69, 9.17) is 42.6 Å². The molecule has 5 rings (SSSR count). The van der Waals surface area contributed by atoms with Crippen molar-refractivity contribution >= 4 is 11.8 Å². The molecule has 0 radical (unpaired) electrons. The lowest BCUT2D eigenvalue weighted by Crippen LogP contribution is -2.70. The van der Waals surface area contributed by atoms with Gasteiger partial charge in [-0.05, 0) is 6.92 Å². The maximum Gasteiger partial charge on any atom is 0.217 e. The van der Waals surface area contributed by atoms with Gasteiger partial charge in [0.1, 0.15) is 116 Å². The monoisotopic (exact) mass is 908 g/mol. The summed E-state index contributed by atoms with van der Waals surface area (Å²) in [6.07, 6.45) is -40.1. The Morgan fingerprint density at radius 3 is 1.37 bits per heavy atom. The summed E-state index contributed by atoms with van der Waals surface area (Å²) in [5.74, 6) is -1.29. The van der Waals surface area contributed by atoms with Crippen LogP contribution < -0.4 is 10.6 Å². The average Bonchev–Trinajstić information content (AvgIpc) is 3.23. The minimum atomic E-state index is -2.16. The van der Waals surface area contributed by atoms with Gasteiger partial charge in [0.05, 0.1) is 45.2 Å². The standard InChI is InChI=1S/C35H60N2O25/c1-9-17(36-10(2)42)22(47)29(14(6-40)55-9)60-32-18(37-11(3)43)23(48)30(15(7-41)58-32)61-35-28(53)31(62-34-27(52)25(50)20(45)13(5-39)57-34)21(46)16(59-35)8-54-33-26(51)24(49)19(44)12(4-38)56-33/h9,12-35,38-41,44-53H,4-8H2,1-3H3,(H,36,42)(H,37,43)/t9-,12?,13+,14?,15?,16?,17?,18?,19+,20+,21+,22+,23+,24-,25?,26?,27?,28?,29+,30+,31-,32-,33-,34?,35-/m0/s1.